The number of carbonyl (C=O) groups is 1. The van der Waals surface area contributed by atoms with Crippen LogP contribution in [0.5, 0.6) is 0 Å². The van der Waals surface area contributed by atoms with Crippen LogP contribution < -0.4 is 5.32 Å². The highest BCUT2D eigenvalue weighted by Gasteiger charge is 2.10. The number of hydrogen-bond acceptors (Lipinski definition) is 2. The van der Waals surface area contributed by atoms with E-state index in [9.17, 15) is 4.79 Å². The van der Waals surface area contributed by atoms with Gasteiger partial charge in [0.15, 0.2) is 0 Å². The summed E-state index contributed by atoms with van der Waals surface area (Å²) in [6, 6.07) is 11.5. The molecule has 0 atom stereocenters. The van der Waals surface area contributed by atoms with Crippen LogP contribution in [0.4, 0.5) is 11.4 Å². The van der Waals surface area contributed by atoms with Crippen LogP contribution in [0.2, 0.25) is 10.0 Å². The summed E-state index contributed by atoms with van der Waals surface area (Å²) in [5.74, 6) is -1.01. The highest BCUT2D eigenvalue weighted by Crippen LogP contribution is 2.25. The number of anilines is 2. The van der Waals surface area contributed by atoms with Crippen LogP contribution in [0.25, 0.3) is 0 Å². The molecule has 0 unspecified atom stereocenters. The van der Waals surface area contributed by atoms with Crippen LogP contribution in [-0.4, -0.2) is 11.1 Å². The lowest BCUT2D eigenvalue weighted by Crippen LogP contribution is -2.02. The zero-order valence-electron chi connectivity index (χ0n) is 9.15. The lowest BCUT2D eigenvalue weighted by Gasteiger charge is -2.10. The lowest BCUT2D eigenvalue weighted by molar-refractivity contribution is 0.0698. The zero-order chi connectivity index (χ0) is 13.1. The summed E-state index contributed by atoms with van der Waals surface area (Å²) in [5, 5.41) is 13.2. The summed E-state index contributed by atoms with van der Waals surface area (Å²) >= 11 is 11.6. The van der Waals surface area contributed by atoms with Crippen molar-refractivity contribution in [3.8, 4) is 0 Å². The Morgan fingerprint density at radius 3 is 2.22 bits per heavy atom. The van der Waals surface area contributed by atoms with Gasteiger partial charge in [-0.05, 0) is 42.5 Å². The molecule has 92 valence electrons. The molecule has 2 aromatic rings. The Morgan fingerprint density at radius 1 is 1.00 bits per heavy atom. The molecule has 2 rings (SSSR count). The van der Waals surface area contributed by atoms with Crippen molar-refractivity contribution in [3.05, 3.63) is 58.1 Å². The number of rotatable bonds is 3. The maximum Gasteiger partial charge on any atom is 0.337 e. The summed E-state index contributed by atoms with van der Waals surface area (Å²) < 4.78 is 0. The van der Waals surface area contributed by atoms with E-state index >= 15 is 0 Å². The Morgan fingerprint density at radius 2 is 1.61 bits per heavy atom. The summed E-state index contributed by atoms with van der Waals surface area (Å²) in [6.45, 7) is 0. The second-order valence-corrected chi connectivity index (χ2v) is 4.50. The standard InChI is InChI=1S/C13H9Cl2NO2/c14-8-1-4-10(5-2-8)16-12-7-9(15)3-6-11(12)13(17)18/h1-7,16H,(H,17,18). The first-order chi connectivity index (χ1) is 8.56. The third-order valence-electron chi connectivity index (χ3n) is 2.34. The monoisotopic (exact) mass is 281 g/mol. The molecular formula is C13H9Cl2NO2. The molecule has 5 heteroatoms. The van der Waals surface area contributed by atoms with E-state index in [-0.39, 0.29) is 5.56 Å². The van der Waals surface area contributed by atoms with E-state index in [2.05, 4.69) is 5.32 Å². The van der Waals surface area contributed by atoms with Gasteiger partial charge in [-0.2, -0.15) is 0 Å². The van der Waals surface area contributed by atoms with Crippen molar-refractivity contribution in [2.24, 2.45) is 0 Å². The molecule has 0 aromatic heterocycles. The number of aromatic carboxylic acids is 1. The van der Waals surface area contributed by atoms with Crippen molar-refractivity contribution < 1.29 is 9.90 Å². The molecule has 0 fully saturated rings. The molecule has 0 bridgehead atoms. The lowest BCUT2D eigenvalue weighted by atomic mass is 10.1. The van der Waals surface area contributed by atoms with Crippen molar-refractivity contribution in [1.29, 1.82) is 0 Å². The third-order valence-corrected chi connectivity index (χ3v) is 2.82. The van der Waals surface area contributed by atoms with Crippen LogP contribution in [0.1, 0.15) is 10.4 Å². The van der Waals surface area contributed by atoms with Crippen molar-refractivity contribution >= 4 is 40.5 Å². The molecule has 18 heavy (non-hydrogen) atoms. The molecular weight excluding hydrogens is 273 g/mol. The predicted molar refractivity (Wildman–Crippen MR) is 73.1 cm³/mol. The smallest absolute Gasteiger partial charge is 0.337 e. The minimum atomic E-state index is -1.01. The Labute approximate surface area is 114 Å². The molecule has 0 amide bonds. The molecule has 0 heterocycles. The molecule has 0 radical (unpaired) electrons. The van der Waals surface area contributed by atoms with E-state index in [1.165, 1.54) is 12.1 Å². The first-order valence-electron chi connectivity index (χ1n) is 5.12. The van der Waals surface area contributed by atoms with Crippen LogP contribution in [0.15, 0.2) is 42.5 Å². The molecule has 0 aliphatic rings. The molecule has 0 saturated carbocycles. The average Bonchev–Trinajstić information content (AvgIpc) is 2.32. The van der Waals surface area contributed by atoms with Gasteiger partial charge in [-0.25, -0.2) is 4.79 Å². The van der Waals surface area contributed by atoms with Crippen LogP contribution in [-0.2, 0) is 0 Å². The van der Waals surface area contributed by atoms with E-state index in [0.717, 1.165) is 5.69 Å². The highest BCUT2D eigenvalue weighted by molar-refractivity contribution is 6.31. The molecule has 0 spiro atoms. The van der Waals surface area contributed by atoms with Gasteiger partial charge in [-0.15, -0.1) is 0 Å². The molecule has 2 aromatic carbocycles. The zero-order valence-corrected chi connectivity index (χ0v) is 10.7. The normalized spacial score (nSPS) is 10.1. The van der Waals surface area contributed by atoms with Crippen molar-refractivity contribution in [2.45, 2.75) is 0 Å². The third kappa shape index (κ3) is 2.94. The summed E-state index contributed by atoms with van der Waals surface area (Å²) in [4.78, 5) is 11.1. The number of carboxylic acids is 1. The van der Waals surface area contributed by atoms with E-state index in [0.29, 0.717) is 15.7 Å². The number of carboxylic acid groups (broad SMARTS) is 1. The van der Waals surface area contributed by atoms with Crippen LogP contribution in [0, 0.1) is 0 Å². The van der Waals surface area contributed by atoms with E-state index in [4.69, 9.17) is 28.3 Å². The number of hydrogen-bond donors (Lipinski definition) is 2. The second-order valence-electron chi connectivity index (χ2n) is 3.63. The Hall–Kier alpha value is -1.71. The van der Waals surface area contributed by atoms with Crippen LogP contribution in [0.3, 0.4) is 0 Å². The molecule has 0 aliphatic heterocycles. The van der Waals surface area contributed by atoms with Crippen molar-refractivity contribution in [1.82, 2.24) is 0 Å². The fourth-order valence-electron chi connectivity index (χ4n) is 1.50. The second kappa shape index (κ2) is 5.29. The maximum atomic E-state index is 11.1. The summed E-state index contributed by atoms with van der Waals surface area (Å²) in [6.07, 6.45) is 0. The van der Waals surface area contributed by atoms with E-state index in [1.54, 1.807) is 30.3 Å². The maximum absolute atomic E-state index is 11.1. The van der Waals surface area contributed by atoms with Gasteiger partial charge >= 0.3 is 5.97 Å². The Balaban J connectivity index is 2.35. The van der Waals surface area contributed by atoms with Gasteiger partial charge in [0.05, 0.1) is 11.3 Å². The fraction of sp³-hybridized carbons (Fsp3) is 0. The molecule has 2 N–H and O–H groups in total. The molecule has 3 nitrogen and oxygen atoms in total. The van der Waals surface area contributed by atoms with Gasteiger partial charge in [0.2, 0.25) is 0 Å². The van der Waals surface area contributed by atoms with Gasteiger partial charge in [-0.3, -0.25) is 0 Å². The SMILES string of the molecule is O=C(O)c1ccc(Cl)cc1Nc1ccc(Cl)cc1. The van der Waals surface area contributed by atoms with Crippen molar-refractivity contribution in [2.75, 3.05) is 5.32 Å². The average molecular weight is 282 g/mol. The number of nitrogens with one attached hydrogen (secondary N) is 1. The Bertz CT molecular complexity index is 582. The van der Waals surface area contributed by atoms with Gasteiger partial charge < -0.3 is 10.4 Å². The summed E-state index contributed by atoms with van der Waals surface area (Å²) in [5.41, 5.74) is 1.34. The van der Waals surface area contributed by atoms with Gasteiger partial charge in [-0.1, -0.05) is 23.2 Å². The number of benzene rings is 2. The Kier molecular flexibility index (Phi) is 3.75. The largest absolute Gasteiger partial charge is 0.478 e. The van der Waals surface area contributed by atoms with Gasteiger partial charge in [0, 0.05) is 15.7 Å². The highest BCUT2D eigenvalue weighted by atomic mass is 35.5. The minimum absolute atomic E-state index is 0.161. The first kappa shape index (κ1) is 12.7. The van der Waals surface area contributed by atoms with Crippen LogP contribution >= 0.6 is 23.2 Å². The summed E-state index contributed by atoms with van der Waals surface area (Å²) in [7, 11) is 0. The molecule has 0 aliphatic carbocycles. The van der Waals surface area contributed by atoms with Crippen molar-refractivity contribution in [3.63, 3.8) is 0 Å². The first-order valence-corrected chi connectivity index (χ1v) is 5.87. The van der Waals surface area contributed by atoms with Gasteiger partial charge in [0.1, 0.15) is 0 Å². The predicted octanol–water partition coefficient (Wildman–Crippen LogP) is 4.44. The van der Waals surface area contributed by atoms with E-state index in [1.807, 2.05) is 0 Å². The van der Waals surface area contributed by atoms with Gasteiger partial charge in [0.25, 0.3) is 0 Å². The number of halogens is 2. The van der Waals surface area contributed by atoms with E-state index < -0.39 is 5.97 Å². The fourth-order valence-corrected chi connectivity index (χ4v) is 1.79. The molecule has 0 saturated heterocycles. The quantitative estimate of drug-likeness (QED) is 0.875. The minimum Gasteiger partial charge on any atom is -0.478 e. The topological polar surface area (TPSA) is 49.3 Å².